The van der Waals surface area contributed by atoms with Crippen molar-refractivity contribution in [1.29, 1.82) is 0 Å². The fourth-order valence-electron chi connectivity index (χ4n) is 4.14. The number of ether oxygens (including phenoxy) is 1. The second-order valence-corrected chi connectivity index (χ2v) is 6.86. The van der Waals surface area contributed by atoms with Crippen molar-refractivity contribution < 1.29 is 9.13 Å². The molecule has 3 rings (SSSR count). The summed E-state index contributed by atoms with van der Waals surface area (Å²) < 4.78 is 19.7. The van der Waals surface area contributed by atoms with Crippen molar-refractivity contribution in [3.63, 3.8) is 0 Å². The normalized spacial score (nSPS) is 32.3. The molecule has 1 aliphatic carbocycles. The molecule has 1 aromatic carbocycles. The van der Waals surface area contributed by atoms with E-state index < -0.39 is 0 Å². The number of benzene rings is 1. The molecule has 116 valence electrons. The van der Waals surface area contributed by atoms with Crippen molar-refractivity contribution >= 4 is 0 Å². The van der Waals surface area contributed by atoms with Gasteiger partial charge in [0, 0.05) is 18.0 Å². The van der Waals surface area contributed by atoms with E-state index in [1.54, 1.807) is 6.07 Å². The summed E-state index contributed by atoms with van der Waals surface area (Å²) >= 11 is 0. The number of rotatable bonds is 2. The van der Waals surface area contributed by atoms with E-state index >= 15 is 0 Å². The highest BCUT2D eigenvalue weighted by Gasteiger charge is 2.41. The van der Waals surface area contributed by atoms with E-state index in [2.05, 4.69) is 6.92 Å². The quantitative estimate of drug-likeness (QED) is 0.855. The molecule has 1 fully saturated rings. The van der Waals surface area contributed by atoms with Crippen LogP contribution in [0.3, 0.4) is 0 Å². The first-order valence-electron chi connectivity index (χ1n) is 8.36. The highest BCUT2D eigenvalue weighted by Crippen LogP contribution is 2.45. The van der Waals surface area contributed by atoms with Crippen LogP contribution >= 0.6 is 0 Å². The SMILES string of the molecule is CCCC1CCCC2(CC1)CC(N)c1cc(F)ccc1O2. The largest absolute Gasteiger partial charge is 0.487 e. The van der Waals surface area contributed by atoms with Crippen molar-refractivity contribution in [2.24, 2.45) is 11.7 Å². The van der Waals surface area contributed by atoms with Crippen LogP contribution in [0.5, 0.6) is 5.75 Å². The van der Waals surface area contributed by atoms with Gasteiger partial charge in [-0.05, 0) is 49.8 Å². The van der Waals surface area contributed by atoms with Gasteiger partial charge in [0.25, 0.3) is 0 Å². The third kappa shape index (κ3) is 3.08. The summed E-state index contributed by atoms with van der Waals surface area (Å²) in [6.45, 7) is 2.26. The Hall–Kier alpha value is -1.09. The summed E-state index contributed by atoms with van der Waals surface area (Å²) in [4.78, 5) is 0. The van der Waals surface area contributed by atoms with E-state index in [0.29, 0.717) is 0 Å². The van der Waals surface area contributed by atoms with E-state index in [0.717, 1.165) is 36.5 Å². The average molecular weight is 291 g/mol. The second kappa shape index (κ2) is 5.96. The van der Waals surface area contributed by atoms with Gasteiger partial charge in [-0.25, -0.2) is 4.39 Å². The standard InChI is InChI=1S/C18H26FNO/c1-2-4-13-5-3-9-18(10-8-13)12-16(20)15-11-14(19)6-7-17(15)21-18/h6-7,11,13,16H,2-5,8-10,12,20H2,1H3. The third-order valence-electron chi connectivity index (χ3n) is 5.24. The molecule has 2 aliphatic rings. The van der Waals surface area contributed by atoms with Gasteiger partial charge in [-0.15, -0.1) is 0 Å². The first-order chi connectivity index (χ1) is 10.1. The Morgan fingerprint density at radius 1 is 1.33 bits per heavy atom. The minimum absolute atomic E-state index is 0.104. The summed E-state index contributed by atoms with van der Waals surface area (Å²) in [6.07, 6.45) is 9.34. The van der Waals surface area contributed by atoms with Gasteiger partial charge in [0.05, 0.1) is 0 Å². The number of nitrogens with two attached hydrogens (primary N) is 1. The predicted octanol–water partition coefficient (Wildman–Crippen LogP) is 4.73. The lowest BCUT2D eigenvalue weighted by molar-refractivity contribution is 0.0201. The molecule has 1 spiro atoms. The van der Waals surface area contributed by atoms with Gasteiger partial charge in [-0.2, -0.15) is 0 Å². The van der Waals surface area contributed by atoms with Crippen LogP contribution in [0.4, 0.5) is 4.39 Å². The van der Waals surface area contributed by atoms with Crippen LogP contribution in [0.25, 0.3) is 0 Å². The van der Waals surface area contributed by atoms with Crippen LogP contribution in [0.15, 0.2) is 18.2 Å². The summed E-state index contributed by atoms with van der Waals surface area (Å²) in [5.41, 5.74) is 7.03. The van der Waals surface area contributed by atoms with Crippen LogP contribution in [-0.2, 0) is 0 Å². The lowest BCUT2D eigenvalue weighted by Crippen LogP contribution is -2.42. The Bertz CT molecular complexity index is 504. The zero-order valence-corrected chi connectivity index (χ0v) is 12.9. The minimum atomic E-state index is -0.229. The van der Waals surface area contributed by atoms with Gasteiger partial charge in [-0.3, -0.25) is 0 Å². The Morgan fingerprint density at radius 3 is 3.00 bits per heavy atom. The number of fused-ring (bicyclic) bond motifs is 1. The smallest absolute Gasteiger partial charge is 0.125 e. The fourth-order valence-corrected chi connectivity index (χ4v) is 4.14. The molecule has 0 amide bonds. The van der Waals surface area contributed by atoms with Gasteiger partial charge in [-0.1, -0.05) is 26.2 Å². The lowest BCUT2D eigenvalue weighted by Gasteiger charge is -2.41. The Morgan fingerprint density at radius 2 is 2.19 bits per heavy atom. The van der Waals surface area contributed by atoms with Crippen molar-refractivity contribution in [2.75, 3.05) is 0 Å². The van der Waals surface area contributed by atoms with E-state index in [1.165, 1.54) is 44.2 Å². The molecule has 3 atom stereocenters. The zero-order valence-electron chi connectivity index (χ0n) is 12.9. The monoisotopic (exact) mass is 291 g/mol. The molecule has 1 saturated carbocycles. The Labute approximate surface area is 126 Å². The second-order valence-electron chi connectivity index (χ2n) is 6.86. The summed E-state index contributed by atoms with van der Waals surface area (Å²) in [7, 11) is 0. The molecule has 0 bridgehead atoms. The fraction of sp³-hybridized carbons (Fsp3) is 0.667. The topological polar surface area (TPSA) is 35.2 Å². The highest BCUT2D eigenvalue weighted by atomic mass is 19.1. The molecule has 1 heterocycles. The first kappa shape index (κ1) is 14.8. The van der Waals surface area contributed by atoms with E-state index in [9.17, 15) is 4.39 Å². The lowest BCUT2D eigenvalue weighted by atomic mass is 9.82. The summed E-state index contributed by atoms with van der Waals surface area (Å²) in [5.74, 6) is 1.40. The average Bonchev–Trinajstić information content (AvgIpc) is 2.64. The Balaban J connectivity index is 1.79. The number of halogens is 1. The summed E-state index contributed by atoms with van der Waals surface area (Å²) in [5, 5.41) is 0. The van der Waals surface area contributed by atoms with Crippen LogP contribution in [0.1, 0.15) is 69.9 Å². The number of hydrogen-bond donors (Lipinski definition) is 1. The van der Waals surface area contributed by atoms with Crippen LogP contribution < -0.4 is 10.5 Å². The van der Waals surface area contributed by atoms with Gasteiger partial charge in [0.1, 0.15) is 17.2 Å². The maximum absolute atomic E-state index is 13.4. The van der Waals surface area contributed by atoms with E-state index in [1.807, 2.05) is 0 Å². The molecule has 21 heavy (non-hydrogen) atoms. The molecule has 0 saturated heterocycles. The van der Waals surface area contributed by atoms with Crippen LogP contribution in [0.2, 0.25) is 0 Å². The highest BCUT2D eigenvalue weighted by molar-refractivity contribution is 5.39. The molecule has 3 unspecified atom stereocenters. The van der Waals surface area contributed by atoms with Crippen molar-refractivity contribution in [2.45, 2.75) is 69.9 Å². The van der Waals surface area contributed by atoms with Gasteiger partial charge >= 0.3 is 0 Å². The van der Waals surface area contributed by atoms with Crippen molar-refractivity contribution in [3.8, 4) is 5.75 Å². The van der Waals surface area contributed by atoms with E-state index in [4.69, 9.17) is 10.5 Å². The zero-order chi connectivity index (χ0) is 14.9. The third-order valence-corrected chi connectivity index (χ3v) is 5.24. The van der Waals surface area contributed by atoms with Gasteiger partial charge < -0.3 is 10.5 Å². The van der Waals surface area contributed by atoms with E-state index in [-0.39, 0.29) is 17.5 Å². The molecule has 3 heteroatoms. The molecular formula is C18H26FNO. The first-order valence-corrected chi connectivity index (χ1v) is 8.36. The van der Waals surface area contributed by atoms with Gasteiger partial charge in [0.2, 0.25) is 0 Å². The van der Waals surface area contributed by atoms with Crippen molar-refractivity contribution in [1.82, 2.24) is 0 Å². The molecule has 2 nitrogen and oxygen atoms in total. The Kier molecular flexibility index (Phi) is 4.21. The number of hydrogen-bond acceptors (Lipinski definition) is 2. The molecule has 1 aliphatic heterocycles. The summed E-state index contributed by atoms with van der Waals surface area (Å²) in [6, 6.07) is 4.65. The van der Waals surface area contributed by atoms with Crippen LogP contribution in [-0.4, -0.2) is 5.60 Å². The predicted molar refractivity (Wildman–Crippen MR) is 82.8 cm³/mol. The molecule has 2 N–H and O–H groups in total. The molecular weight excluding hydrogens is 265 g/mol. The van der Waals surface area contributed by atoms with Gasteiger partial charge in [0.15, 0.2) is 0 Å². The maximum atomic E-state index is 13.4. The maximum Gasteiger partial charge on any atom is 0.125 e. The van der Waals surface area contributed by atoms with Crippen molar-refractivity contribution in [3.05, 3.63) is 29.6 Å². The minimum Gasteiger partial charge on any atom is -0.487 e. The molecule has 0 aromatic heterocycles. The molecule has 1 aromatic rings. The van der Waals surface area contributed by atoms with Crippen LogP contribution in [0, 0.1) is 11.7 Å². The molecule has 0 radical (unpaired) electrons.